The van der Waals surface area contributed by atoms with Gasteiger partial charge in [0.05, 0.1) is 9.89 Å². The molecule has 1 aromatic rings. The molecule has 4 heteroatoms. The summed E-state index contributed by atoms with van der Waals surface area (Å²) in [5, 5.41) is 0. The molecule has 1 heterocycles. The van der Waals surface area contributed by atoms with Gasteiger partial charge in [0.25, 0.3) is 0 Å². The van der Waals surface area contributed by atoms with Crippen molar-refractivity contribution in [3.8, 4) is 0 Å². The second kappa shape index (κ2) is 6.88. The van der Waals surface area contributed by atoms with Crippen LogP contribution in [0.5, 0.6) is 0 Å². The van der Waals surface area contributed by atoms with E-state index in [2.05, 4.69) is 42.8 Å². The topological polar surface area (TPSA) is 35.2 Å². The van der Waals surface area contributed by atoms with E-state index in [0.29, 0.717) is 5.92 Å². The molecular formula is C13H22BrNOS. The molecular weight excluding hydrogens is 298 g/mol. The Bertz CT molecular complexity index is 338. The van der Waals surface area contributed by atoms with E-state index in [1.807, 2.05) is 13.0 Å². The third-order valence-electron chi connectivity index (χ3n) is 2.53. The second-order valence-corrected chi connectivity index (χ2v) is 7.49. The van der Waals surface area contributed by atoms with E-state index >= 15 is 0 Å². The Morgan fingerprint density at radius 3 is 2.35 bits per heavy atom. The summed E-state index contributed by atoms with van der Waals surface area (Å²) in [6, 6.07) is 4.15. The van der Waals surface area contributed by atoms with Crippen molar-refractivity contribution in [3.05, 3.63) is 20.8 Å². The van der Waals surface area contributed by atoms with E-state index in [4.69, 9.17) is 10.5 Å². The van der Waals surface area contributed by atoms with Gasteiger partial charge in [0.1, 0.15) is 6.10 Å². The number of ether oxygens (including phenoxy) is 1. The van der Waals surface area contributed by atoms with E-state index in [9.17, 15) is 0 Å². The molecule has 2 nitrogen and oxygen atoms in total. The fourth-order valence-corrected chi connectivity index (χ4v) is 3.48. The zero-order valence-electron chi connectivity index (χ0n) is 10.9. The Kier molecular flexibility index (Phi) is 6.13. The first-order valence-electron chi connectivity index (χ1n) is 6.06. The van der Waals surface area contributed by atoms with E-state index in [1.54, 1.807) is 11.3 Å². The molecule has 0 aromatic carbocycles. The first-order chi connectivity index (χ1) is 7.90. The zero-order chi connectivity index (χ0) is 13.0. The molecule has 0 radical (unpaired) electrons. The van der Waals surface area contributed by atoms with Gasteiger partial charge in [-0.2, -0.15) is 0 Å². The van der Waals surface area contributed by atoms with Crippen LogP contribution in [0.25, 0.3) is 0 Å². The van der Waals surface area contributed by atoms with Gasteiger partial charge in [-0.3, -0.25) is 0 Å². The van der Waals surface area contributed by atoms with Gasteiger partial charge < -0.3 is 10.5 Å². The maximum absolute atomic E-state index is 6.09. The van der Waals surface area contributed by atoms with Crippen molar-refractivity contribution < 1.29 is 4.74 Å². The van der Waals surface area contributed by atoms with Crippen LogP contribution < -0.4 is 5.73 Å². The molecule has 17 heavy (non-hydrogen) atoms. The van der Waals surface area contributed by atoms with Crippen molar-refractivity contribution in [1.29, 1.82) is 0 Å². The second-order valence-electron chi connectivity index (χ2n) is 5.00. The molecule has 2 N–H and O–H groups in total. The summed E-state index contributed by atoms with van der Waals surface area (Å²) in [5.74, 6) is 0.647. The maximum atomic E-state index is 6.09. The molecule has 0 saturated heterocycles. The van der Waals surface area contributed by atoms with Crippen molar-refractivity contribution in [1.82, 2.24) is 0 Å². The van der Waals surface area contributed by atoms with Gasteiger partial charge in [0, 0.05) is 10.9 Å². The van der Waals surface area contributed by atoms with Crippen molar-refractivity contribution in [2.45, 2.75) is 52.4 Å². The average Bonchev–Trinajstić information content (AvgIpc) is 2.59. The van der Waals surface area contributed by atoms with Gasteiger partial charge in [-0.05, 0) is 54.2 Å². The standard InChI is InChI=1S/C13H22BrNOS/c1-8(2)7-9(3)16-13(10(4)15)11-5-6-12(14)17-11/h5-6,8-10,13H,7,15H2,1-4H3. The first kappa shape index (κ1) is 15.2. The van der Waals surface area contributed by atoms with Crippen LogP contribution in [0.1, 0.15) is 45.1 Å². The van der Waals surface area contributed by atoms with Crippen LogP contribution in [-0.4, -0.2) is 12.1 Å². The highest BCUT2D eigenvalue weighted by atomic mass is 79.9. The molecule has 0 bridgehead atoms. The Hall–Kier alpha value is 0.1000. The van der Waals surface area contributed by atoms with Crippen LogP contribution in [0.4, 0.5) is 0 Å². The van der Waals surface area contributed by atoms with Gasteiger partial charge >= 0.3 is 0 Å². The van der Waals surface area contributed by atoms with Crippen LogP contribution in [0, 0.1) is 5.92 Å². The van der Waals surface area contributed by atoms with Crippen LogP contribution in [0.15, 0.2) is 15.9 Å². The fraction of sp³-hybridized carbons (Fsp3) is 0.692. The van der Waals surface area contributed by atoms with E-state index in [-0.39, 0.29) is 18.2 Å². The lowest BCUT2D eigenvalue weighted by Crippen LogP contribution is -2.29. The lowest BCUT2D eigenvalue weighted by Gasteiger charge is -2.25. The largest absolute Gasteiger partial charge is 0.368 e. The van der Waals surface area contributed by atoms with Crippen molar-refractivity contribution in [3.63, 3.8) is 0 Å². The predicted molar refractivity (Wildman–Crippen MR) is 78.4 cm³/mol. The van der Waals surface area contributed by atoms with Gasteiger partial charge in [-0.1, -0.05) is 13.8 Å². The average molecular weight is 320 g/mol. The van der Waals surface area contributed by atoms with E-state index in [0.717, 1.165) is 10.2 Å². The van der Waals surface area contributed by atoms with Crippen molar-refractivity contribution in [2.24, 2.45) is 11.7 Å². The minimum absolute atomic E-state index is 0.0000463. The summed E-state index contributed by atoms with van der Waals surface area (Å²) in [6.45, 7) is 8.54. The van der Waals surface area contributed by atoms with E-state index in [1.165, 1.54) is 4.88 Å². The highest BCUT2D eigenvalue weighted by molar-refractivity contribution is 9.11. The molecule has 0 aliphatic carbocycles. The summed E-state index contributed by atoms with van der Waals surface area (Å²) >= 11 is 5.17. The van der Waals surface area contributed by atoms with Crippen LogP contribution in [0.3, 0.4) is 0 Å². The zero-order valence-corrected chi connectivity index (χ0v) is 13.3. The highest BCUT2D eigenvalue weighted by Gasteiger charge is 2.21. The molecule has 0 spiro atoms. The number of halogens is 1. The van der Waals surface area contributed by atoms with Gasteiger partial charge in [0.2, 0.25) is 0 Å². The maximum Gasteiger partial charge on any atom is 0.107 e. The van der Waals surface area contributed by atoms with Crippen LogP contribution in [-0.2, 0) is 4.74 Å². The van der Waals surface area contributed by atoms with Gasteiger partial charge in [0.15, 0.2) is 0 Å². The molecule has 1 rings (SSSR count). The summed E-state index contributed by atoms with van der Waals surface area (Å²) in [6.07, 6.45) is 1.31. The SMILES string of the molecule is CC(C)CC(C)OC(c1ccc(Br)s1)C(C)N. The summed E-state index contributed by atoms with van der Waals surface area (Å²) in [4.78, 5) is 1.20. The van der Waals surface area contributed by atoms with Gasteiger partial charge in [-0.25, -0.2) is 0 Å². The van der Waals surface area contributed by atoms with Crippen molar-refractivity contribution in [2.75, 3.05) is 0 Å². The molecule has 98 valence electrons. The normalized spacial score (nSPS) is 17.1. The quantitative estimate of drug-likeness (QED) is 0.846. The summed E-state index contributed by atoms with van der Waals surface area (Å²) in [5.41, 5.74) is 6.02. The summed E-state index contributed by atoms with van der Waals surface area (Å²) < 4.78 is 7.21. The van der Waals surface area contributed by atoms with Crippen LogP contribution >= 0.6 is 27.3 Å². The number of nitrogens with two attached hydrogens (primary N) is 1. The molecule has 0 aliphatic heterocycles. The lowest BCUT2D eigenvalue weighted by molar-refractivity contribution is -0.0218. The minimum Gasteiger partial charge on any atom is -0.368 e. The number of hydrogen-bond acceptors (Lipinski definition) is 3. The number of hydrogen-bond donors (Lipinski definition) is 1. The smallest absolute Gasteiger partial charge is 0.107 e. The lowest BCUT2D eigenvalue weighted by atomic mass is 10.1. The Morgan fingerprint density at radius 2 is 1.94 bits per heavy atom. The minimum atomic E-state index is 0.0000463. The first-order valence-corrected chi connectivity index (χ1v) is 7.67. The molecule has 0 saturated carbocycles. The summed E-state index contributed by atoms with van der Waals surface area (Å²) in [7, 11) is 0. The Balaban J connectivity index is 2.67. The highest BCUT2D eigenvalue weighted by Crippen LogP contribution is 2.32. The number of rotatable bonds is 6. The molecule has 0 fully saturated rings. The molecule has 3 atom stereocenters. The molecule has 0 aliphatic rings. The third-order valence-corrected chi connectivity index (χ3v) is 4.22. The molecule has 0 amide bonds. The van der Waals surface area contributed by atoms with Crippen molar-refractivity contribution >= 4 is 27.3 Å². The monoisotopic (exact) mass is 319 g/mol. The van der Waals surface area contributed by atoms with Crippen LogP contribution in [0.2, 0.25) is 0 Å². The number of thiophene rings is 1. The third kappa shape index (κ3) is 5.08. The predicted octanol–water partition coefficient (Wildman–Crippen LogP) is 4.35. The van der Waals surface area contributed by atoms with E-state index < -0.39 is 0 Å². The Morgan fingerprint density at radius 1 is 1.29 bits per heavy atom. The fourth-order valence-electron chi connectivity index (χ4n) is 1.90. The Labute approximate surface area is 117 Å². The molecule has 3 unspecified atom stereocenters. The molecule has 1 aromatic heterocycles. The van der Waals surface area contributed by atoms with Gasteiger partial charge in [-0.15, -0.1) is 11.3 Å².